The Morgan fingerprint density at radius 3 is 2.39 bits per heavy atom. The van der Waals surface area contributed by atoms with Crippen LogP contribution in [0, 0.1) is 5.82 Å². The zero-order chi connectivity index (χ0) is 16.2. The zero-order valence-corrected chi connectivity index (χ0v) is 12.9. The van der Waals surface area contributed by atoms with Crippen molar-refractivity contribution in [3.8, 4) is 0 Å². The molecule has 5 heteroatoms. The van der Waals surface area contributed by atoms with Crippen LogP contribution in [-0.2, 0) is 17.8 Å². The van der Waals surface area contributed by atoms with Gasteiger partial charge in [-0.2, -0.15) is 0 Å². The van der Waals surface area contributed by atoms with Crippen LogP contribution in [0.4, 0.5) is 10.1 Å². The van der Waals surface area contributed by atoms with Gasteiger partial charge in [-0.05, 0) is 41.8 Å². The second-order valence-electron chi connectivity index (χ2n) is 5.42. The van der Waals surface area contributed by atoms with Crippen LogP contribution >= 0.6 is 0 Å². The fourth-order valence-corrected chi connectivity index (χ4v) is 2.43. The summed E-state index contributed by atoms with van der Waals surface area (Å²) in [6, 6.07) is 14.2. The van der Waals surface area contributed by atoms with Crippen molar-refractivity contribution in [3.63, 3.8) is 0 Å². The highest BCUT2D eigenvalue weighted by Crippen LogP contribution is 2.15. The van der Waals surface area contributed by atoms with Gasteiger partial charge in [-0.1, -0.05) is 31.2 Å². The van der Waals surface area contributed by atoms with Crippen molar-refractivity contribution in [2.75, 3.05) is 11.9 Å². The summed E-state index contributed by atoms with van der Waals surface area (Å²) in [5.74, 6) is 0.176. The number of guanidine groups is 1. The molecule has 118 valence electrons. The normalized spacial score (nSPS) is 14.1. The molecule has 1 heterocycles. The Balaban J connectivity index is 1.72. The molecule has 23 heavy (non-hydrogen) atoms. The summed E-state index contributed by atoms with van der Waals surface area (Å²) in [5.41, 5.74) is 3.00. The number of hydrogen-bond acceptors (Lipinski definition) is 3. The quantitative estimate of drug-likeness (QED) is 0.942. The minimum atomic E-state index is -0.287. The number of carbonyl (C=O) groups is 1. The van der Waals surface area contributed by atoms with Crippen LogP contribution in [0.15, 0.2) is 53.5 Å². The van der Waals surface area contributed by atoms with Gasteiger partial charge < -0.3 is 5.32 Å². The van der Waals surface area contributed by atoms with Crippen molar-refractivity contribution >= 4 is 17.6 Å². The molecular formula is C18H18FN3O. The number of nitrogens with one attached hydrogen (secondary N) is 1. The van der Waals surface area contributed by atoms with Gasteiger partial charge in [-0.15, -0.1) is 0 Å². The first-order valence-corrected chi connectivity index (χ1v) is 7.61. The molecule has 1 amide bonds. The first-order valence-electron chi connectivity index (χ1n) is 7.61. The Kier molecular flexibility index (Phi) is 4.37. The number of nitrogens with zero attached hydrogens (tertiary/aromatic N) is 2. The molecule has 0 aromatic heterocycles. The maximum atomic E-state index is 13.0. The SMILES string of the molecule is CCc1ccc(NC2=NCC(=O)N2Cc2ccc(F)cc2)cc1. The predicted molar refractivity (Wildman–Crippen MR) is 88.7 cm³/mol. The van der Waals surface area contributed by atoms with Crippen molar-refractivity contribution < 1.29 is 9.18 Å². The third kappa shape index (κ3) is 3.56. The number of anilines is 1. The fourth-order valence-electron chi connectivity index (χ4n) is 2.43. The molecule has 1 aliphatic heterocycles. The minimum Gasteiger partial charge on any atom is -0.326 e. The number of hydrogen-bond donors (Lipinski definition) is 1. The van der Waals surface area contributed by atoms with E-state index in [0.29, 0.717) is 12.5 Å². The van der Waals surface area contributed by atoms with Crippen molar-refractivity contribution in [2.45, 2.75) is 19.9 Å². The largest absolute Gasteiger partial charge is 0.326 e. The van der Waals surface area contributed by atoms with Crippen molar-refractivity contribution in [3.05, 3.63) is 65.5 Å². The van der Waals surface area contributed by atoms with E-state index in [9.17, 15) is 9.18 Å². The molecule has 1 N–H and O–H groups in total. The van der Waals surface area contributed by atoms with E-state index in [0.717, 1.165) is 17.7 Å². The fraction of sp³-hybridized carbons (Fsp3) is 0.222. The lowest BCUT2D eigenvalue weighted by Gasteiger charge is -2.19. The van der Waals surface area contributed by atoms with Gasteiger partial charge in [0, 0.05) is 5.69 Å². The molecule has 0 fully saturated rings. The maximum Gasteiger partial charge on any atom is 0.251 e. The molecule has 0 bridgehead atoms. The average Bonchev–Trinajstić information content (AvgIpc) is 2.91. The topological polar surface area (TPSA) is 44.7 Å². The molecule has 0 saturated carbocycles. The van der Waals surface area contributed by atoms with Crippen LogP contribution in [0.3, 0.4) is 0 Å². The summed E-state index contributed by atoms with van der Waals surface area (Å²) in [6.45, 7) is 2.61. The van der Waals surface area contributed by atoms with E-state index in [2.05, 4.69) is 17.2 Å². The Hall–Kier alpha value is -2.69. The van der Waals surface area contributed by atoms with Crippen LogP contribution in [0.1, 0.15) is 18.1 Å². The van der Waals surface area contributed by atoms with Crippen LogP contribution in [0.5, 0.6) is 0 Å². The Morgan fingerprint density at radius 1 is 1.09 bits per heavy atom. The first-order chi connectivity index (χ1) is 11.2. The molecule has 4 nitrogen and oxygen atoms in total. The number of benzene rings is 2. The van der Waals surface area contributed by atoms with E-state index >= 15 is 0 Å². The van der Waals surface area contributed by atoms with Gasteiger partial charge >= 0.3 is 0 Å². The van der Waals surface area contributed by atoms with Gasteiger partial charge in [0.25, 0.3) is 5.91 Å². The third-order valence-electron chi connectivity index (χ3n) is 3.79. The molecular weight excluding hydrogens is 293 g/mol. The van der Waals surface area contributed by atoms with Gasteiger partial charge in [-0.3, -0.25) is 9.69 Å². The van der Waals surface area contributed by atoms with E-state index in [1.54, 1.807) is 17.0 Å². The molecule has 0 spiro atoms. The molecule has 0 saturated heterocycles. The van der Waals surface area contributed by atoms with E-state index in [4.69, 9.17) is 0 Å². The van der Waals surface area contributed by atoms with E-state index < -0.39 is 0 Å². The lowest BCUT2D eigenvalue weighted by atomic mass is 10.1. The number of carbonyl (C=O) groups excluding carboxylic acids is 1. The number of aryl methyl sites for hydroxylation is 1. The lowest BCUT2D eigenvalue weighted by Crippen LogP contribution is -2.36. The summed E-state index contributed by atoms with van der Waals surface area (Å²) in [7, 11) is 0. The van der Waals surface area contributed by atoms with E-state index in [-0.39, 0.29) is 18.3 Å². The average molecular weight is 311 g/mol. The maximum absolute atomic E-state index is 13.0. The highest BCUT2D eigenvalue weighted by Gasteiger charge is 2.25. The van der Waals surface area contributed by atoms with Crippen LogP contribution in [0.25, 0.3) is 0 Å². The Labute approximate surface area is 134 Å². The molecule has 0 radical (unpaired) electrons. The van der Waals surface area contributed by atoms with Crippen LogP contribution in [0.2, 0.25) is 0 Å². The monoisotopic (exact) mass is 311 g/mol. The summed E-state index contributed by atoms with van der Waals surface area (Å²) < 4.78 is 13.0. The highest BCUT2D eigenvalue weighted by molar-refractivity contribution is 6.08. The van der Waals surface area contributed by atoms with Gasteiger partial charge in [0.05, 0.1) is 6.54 Å². The summed E-state index contributed by atoms with van der Waals surface area (Å²) in [5, 5.41) is 3.19. The van der Waals surface area contributed by atoms with Crippen molar-refractivity contribution in [1.29, 1.82) is 0 Å². The second-order valence-corrected chi connectivity index (χ2v) is 5.42. The smallest absolute Gasteiger partial charge is 0.251 e. The lowest BCUT2D eigenvalue weighted by molar-refractivity contribution is -0.125. The number of aliphatic imine (C=N–C) groups is 1. The standard InChI is InChI=1S/C18H18FN3O/c1-2-13-5-9-16(10-6-13)21-18-20-11-17(23)22(18)12-14-3-7-15(19)8-4-14/h3-10H,2,11-12H2,1H3,(H,20,21). The third-order valence-corrected chi connectivity index (χ3v) is 3.79. The van der Waals surface area contributed by atoms with Crippen molar-refractivity contribution in [1.82, 2.24) is 4.90 Å². The molecule has 2 aromatic rings. The Bertz CT molecular complexity index is 723. The Morgan fingerprint density at radius 2 is 1.74 bits per heavy atom. The van der Waals surface area contributed by atoms with Crippen molar-refractivity contribution in [2.24, 2.45) is 4.99 Å². The highest BCUT2D eigenvalue weighted by atomic mass is 19.1. The number of amides is 1. The molecule has 1 aliphatic rings. The zero-order valence-electron chi connectivity index (χ0n) is 12.9. The van der Waals surface area contributed by atoms with Gasteiger partial charge in [0.1, 0.15) is 12.4 Å². The molecule has 2 aromatic carbocycles. The summed E-state index contributed by atoms with van der Waals surface area (Å²) in [4.78, 5) is 17.9. The number of rotatable bonds is 4. The number of halogens is 1. The first kappa shape index (κ1) is 15.2. The van der Waals surface area contributed by atoms with Gasteiger partial charge in [0.2, 0.25) is 5.96 Å². The van der Waals surface area contributed by atoms with Crippen LogP contribution < -0.4 is 5.32 Å². The van der Waals surface area contributed by atoms with E-state index in [1.807, 2.05) is 24.3 Å². The molecule has 0 atom stereocenters. The van der Waals surface area contributed by atoms with E-state index in [1.165, 1.54) is 17.7 Å². The van der Waals surface area contributed by atoms with Crippen LogP contribution in [-0.4, -0.2) is 23.3 Å². The summed E-state index contributed by atoms with van der Waals surface area (Å²) in [6.07, 6.45) is 0.983. The van der Waals surface area contributed by atoms with Gasteiger partial charge in [-0.25, -0.2) is 9.38 Å². The predicted octanol–water partition coefficient (Wildman–Crippen LogP) is 3.20. The van der Waals surface area contributed by atoms with Gasteiger partial charge in [0.15, 0.2) is 0 Å². The second kappa shape index (κ2) is 6.60. The summed E-state index contributed by atoms with van der Waals surface area (Å²) >= 11 is 0. The minimum absolute atomic E-state index is 0.0676. The molecule has 0 unspecified atom stereocenters. The molecule has 3 rings (SSSR count). The molecule has 0 aliphatic carbocycles.